The van der Waals surface area contributed by atoms with Crippen molar-refractivity contribution in [1.29, 1.82) is 0 Å². The second-order valence-corrected chi connectivity index (χ2v) is 11.4. The molecule has 2 aromatic carbocycles. The molecule has 0 spiro atoms. The van der Waals surface area contributed by atoms with Crippen molar-refractivity contribution in [2.45, 2.75) is 43.0 Å². The largest absolute Gasteiger partial charge is 0.308 e. The number of rotatable bonds is 6. The second kappa shape index (κ2) is 7.73. The molecule has 1 aliphatic heterocycles. The molecule has 2 aromatic rings. The molecule has 2 atom stereocenters. The van der Waals surface area contributed by atoms with Crippen LogP contribution in [0.15, 0.2) is 53.4 Å². The van der Waals surface area contributed by atoms with Gasteiger partial charge in [-0.25, -0.2) is 16.8 Å². The molecule has 0 saturated carbocycles. The summed E-state index contributed by atoms with van der Waals surface area (Å²) in [5.74, 6) is -0.494. The Balaban J connectivity index is 1.85. The predicted molar refractivity (Wildman–Crippen MR) is 107 cm³/mol. The molecule has 27 heavy (non-hydrogen) atoms. The van der Waals surface area contributed by atoms with E-state index in [1.54, 1.807) is 24.3 Å². The van der Waals surface area contributed by atoms with Crippen LogP contribution in [0.5, 0.6) is 0 Å². The fourth-order valence-electron chi connectivity index (χ4n) is 3.45. The molecule has 1 heterocycles. The number of hydrogen-bond donors (Lipinski definition) is 1. The topological polar surface area (TPSA) is 80.3 Å². The van der Waals surface area contributed by atoms with E-state index in [2.05, 4.69) is 5.32 Å². The van der Waals surface area contributed by atoms with Crippen LogP contribution in [0.3, 0.4) is 0 Å². The van der Waals surface area contributed by atoms with Gasteiger partial charge in [-0.2, -0.15) is 0 Å². The summed E-state index contributed by atoms with van der Waals surface area (Å²) in [5.41, 5.74) is 3.16. The highest BCUT2D eigenvalue weighted by Gasteiger charge is 2.45. The van der Waals surface area contributed by atoms with Gasteiger partial charge in [-0.3, -0.25) is 0 Å². The summed E-state index contributed by atoms with van der Waals surface area (Å²) in [6.07, 6.45) is 0.818. The number of hydrogen-bond acceptors (Lipinski definition) is 5. The first-order valence-corrected chi connectivity index (χ1v) is 12.4. The second-order valence-electron chi connectivity index (χ2n) is 7.07. The van der Waals surface area contributed by atoms with Crippen molar-refractivity contribution >= 4 is 19.7 Å². The van der Waals surface area contributed by atoms with E-state index in [9.17, 15) is 16.8 Å². The Hall–Kier alpha value is -1.70. The van der Waals surface area contributed by atoms with Crippen LogP contribution < -0.4 is 5.32 Å². The normalized spacial score (nSPS) is 22.0. The highest BCUT2D eigenvalue weighted by Crippen LogP contribution is 2.26. The quantitative estimate of drug-likeness (QED) is 0.795. The number of sulfone groups is 2. The van der Waals surface area contributed by atoms with Gasteiger partial charge < -0.3 is 5.32 Å². The van der Waals surface area contributed by atoms with E-state index >= 15 is 0 Å². The molecule has 0 amide bonds. The summed E-state index contributed by atoms with van der Waals surface area (Å²) < 4.78 is 50.6. The van der Waals surface area contributed by atoms with Crippen molar-refractivity contribution in [1.82, 2.24) is 5.32 Å². The first-order chi connectivity index (χ1) is 12.7. The summed E-state index contributed by atoms with van der Waals surface area (Å²) in [7, 11) is -7.14. The Labute approximate surface area is 161 Å². The standard InChI is InChI=1S/C20H25NO4S2/c1-3-16-8-10-18(11-9-16)27(24,25)20-14-26(22,23)13-19(20)21-12-17-7-5-4-6-15(17)2/h4-11,19-21H,3,12-14H2,1-2H3/t19-,20-/m0/s1. The van der Waals surface area contributed by atoms with Crippen molar-refractivity contribution in [3.05, 3.63) is 65.2 Å². The maximum absolute atomic E-state index is 13.1. The summed E-state index contributed by atoms with van der Waals surface area (Å²) in [6, 6.07) is 13.9. The molecular formula is C20H25NO4S2. The van der Waals surface area contributed by atoms with Crippen LogP contribution in [-0.2, 0) is 32.6 Å². The maximum Gasteiger partial charge on any atom is 0.183 e. The minimum atomic E-state index is -3.74. The van der Waals surface area contributed by atoms with Crippen LogP contribution in [0.4, 0.5) is 0 Å². The van der Waals surface area contributed by atoms with Crippen LogP contribution in [0.25, 0.3) is 0 Å². The van der Waals surface area contributed by atoms with Crippen molar-refractivity contribution in [3.8, 4) is 0 Å². The van der Waals surface area contributed by atoms with E-state index in [0.29, 0.717) is 6.54 Å². The predicted octanol–water partition coefficient (Wildman–Crippen LogP) is 2.29. The van der Waals surface area contributed by atoms with Crippen molar-refractivity contribution in [2.75, 3.05) is 11.5 Å². The van der Waals surface area contributed by atoms with E-state index in [0.717, 1.165) is 23.1 Å². The van der Waals surface area contributed by atoms with E-state index in [-0.39, 0.29) is 16.4 Å². The lowest BCUT2D eigenvalue weighted by molar-refractivity contribution is 0.525. The van der Waals surface area contributed by atoms with Crippen LogP contribution >= 0.6 is 0 Å². The molecule has 0 aromatic heterocycles. The molecule has 7 heteroatoms. The van der Waals surface area contributed by atoms with Crippen LogP contribution in [0.1, 0.15) is 23.6 Å². The smallest absolute Gasteiger partial charge is 0.183 e. The fourth-order valence-corrected chi connectivity index (χ4v) is 8.17. The average molecular weight is 408 g/mol. The molecular weight excluding hydrogens is 382 g/mol. The number of aryl methyl sites for hydroxylation is 2. The number of nitrogens with one attached hydrogen (secondary N) is 1. The summed E-state index contributed by atoms with van der Waals surface area (Å²) in [6.45, 7) is 4.41. The van der Waals surface area contributed by atoms with Gasteiger partial charge in [0.25, 0.3) is 0 Å². The summed E-state index contributed by atoms with van der Waals surface area (Å²) in [5, 5.41) is 2.21. The maximum atomic E-state index is 13.1. The number of benzene rings is 2. The van der Waals surface area contributed by atoms with Gasteiger partial charge in [-0.05, 0) is 42.2 Å². The Kier molecular flexibility index (Phi) is 5.74. The van der Waals surface area contributed by atoms with Gasteiger partial charge in [0.05, 0.1) is 21.7 Å². The van der Waals surface area contributed by atoms with Gasteiger partial charge in [0.1, 0.15) is 0 Å². The Morgan fingerprint density at radius 1 is 1.04 bits per heavy atom. The molecule has 0 bridgehead atoms. The third kappa shape index (κ3) is 4.42. The monoisotopic (exact) mass is 407 g/mol. The lowest BCUT2D eigenvalue weighted by Gasteiger charge is -2.20. The van der Waals surface area contributed by atoms with E-state index in [1.807, 2.05) is 38.1 Å². The molecule has 5 nitrogen and oxygen atoms in total. The molecule has 1 saturated heterocycles. The van der Waals surface area contributed by atoms with Gasteiger partial charge in [0.15, 0.2) is 19.7 Å². The lowest BCUT2D eigenvalue weighted by Crippen LogP contribution is -2.43. The van der Waals surface area contributed by atoms with Crippen molar-refractivity contribution in [3.63, 3.8) is 0 Å². The highest BCUT2D eigenvalue weighted by atomic mass is 32.2. The third-order valence-electron chi connectivity index (χ3n) is 5.18. The van der Waals surface area contributed by atoms with Gasteiger partial charge in [0.2, 0.25) is 0 Å². The molecule has 3 rings (SSSR count). The molecule has 1 N–H and O–H groups in total. The molecule has 0 aliphatic carbocycles. The SMILES string of the molecule is CCc1ccc(S(=O)(=O)[C@H]2CS(=O)(=O)C[C@@H]2NCc2ccccc2C)cc1. The zero-order valence-corrected chi connectivity index (χ0v) is 17.2. The lowest BCUT2D eigenvalue weighted by atomic mass is 10.1. The molecule has 1 fully saturated rings. The van der Waals surface area contributed by atoms with E-state index in [4.69, 9.17) is 0 Å². The Morgan fingerprint density at radius 2 is 1.70 bits per heavy atom. The van der Waals surface area contributed by atoms with Gasteiger partial charge in [-0.1, -0.05) is 43.3 Å². The van der Waals surface area contributed by atoms with E-state index in [1.165, 1.54) is 0 Å². The Morgan fingerprint density at radius 3 is 2.33 bits per heavy atom. The molecule has 1 aliphatic rings. The van der Waals surface area contributed by atoms with Crippen molar-refractivity contribution < 1.29 is 16.8 Å². The average Bonchev–Trinajstić information content (AvgIpc) is 2.96. The van der Waals surface area contributed by atoms with E-state index < -0.39 is 31.0 Å². The van der Waals surface area contributed by atoms with Crippen LogP contribution in [0.2, 0.25) is 0 Å². The molecule has 0 unspecified atom stereocenters. The third-order valence-corrected chi connectivity index (χ3v) is 9.34. The summed E-state index contributed by atoms with van der Waals surface area (Å²) >= 11 is 0. The zero-order chi connectivity index (χ0) is 19.7. The first-order valence-electron chi connectivity index (χ1n) is 9.04. The van der Waals surface area contributed by atoms with Crippen LogP contribution in [0, 0.1) is 6.92 Å². The zero-order valence-electron chi connectivity index (χ0n) is 15.6. The highest BCUT2D eigenvalue weighted by molar-refractivity contribution is 7.96. The first kappa shape index (κ1) is 20.0. The van der Waals surface area contributed by atoms with Gasteiger partial charge in [0, 0.05) is 12.6 Å². The minimum absolute atomic E-state index is 0.157. The fraction of sp³-hybridized carbons (Fsp3) is 0.400. The molecule has 146 valence electrons. The van der Waals surface area contributed by atoms with Crippen LogP contribution in [-0.4, -0.2) is 39.6 Å². The molecule has 0 radical (unpaired) electrons. The van der Waals surface area contributed by atoms with Gasteiger partial charge in [-0.15, -0.1) is 0 Å². The van der Waals surface area contributed by atoms with Crippen molar-refractivity contribution in [2.24, 2.45) is 0 Å². The summed E-state index contributed by atoms with van der Waals surface area (Å²) in [4.78, 5) is 0.185. The minimum Gasteiger partial charge on any atom is -0.308 e. The Bertz CT molecular complexity index is 1010. The van der Waals surface area contributed by atoms with Gasteiger partial charge >= 0.3 is 0 Å².